The van der Waals surface area contributed by atoms with Crippen LogP contribution in [0.1, 0.15) is 18.9 Å². The Morgan fingerprint density at radius 3 is 2.79 bits per heavy atom. The molecular weight excluding hydrogens is 256 g/mol. The van der Waals surface area contributed by atoms with E-state index in [9.17, 15) is 0 Å². The van der Waals surface area contributed by atoms with E-state index in [1.807, 2.05) is 0 Å². The third-order valence-electron chi connectivity index (χ3n) is 3.78. The van der Waals surface area contributed by atoms with Crippen LogP contribution < -0.4 is 5.32 Å². The van der Waals surface area contributed by atoms with E-state index in [0.717, 1.165) is 37.5 Å². The predicted octanol–water partition coefficient (Wildman–Crippen LogP) is 3.03. The largest absolute Gasteiger partial charge is 0.311 e. The second-order valence-corrected chi connectivity index (χ2v) is 5.84. The molecule has 2 unspecified atom stereocenters. The average Bonchev–Trinajstić information content (AvgIpc) is 2.39. The molecule has 1 aromatic rings. The Balaban J connectivity index is 1.95. The topological polar surface area (TPSA) is 15.3 Å². The second kappa shape index (κ2) is 7.09. The van der Waals surface area contributed by atoms with E-state index in [0.29, 0.717) is 12.1 Å². The first kappa shape index (κ1) is 14.6. The molecule has 19 heavy (non-hydrogen) atoms. The summed E-state index contributed by atoms with van der Waals surface area (Å²) in [6.45, 7) is 8.94. The lowest BCUT2D eigenvalue weighted by Gasteiger charge is -2.40. The van der Waals surface area contributed by atoms with E-state index in [1.54, 1.807) is 0 Å². The van der Waals surface area contributed by atoms with Gasteiger partial charge in [0.15, 0.2) is 0 Å². The number of nitrogens with one attached hydrogen (secondary N) is 1. The number of benzene rings is 1. The van der Waals surface area contributed by atoms with E-state index >= 15 is 0 Å². The van der Waals surface area contributed by atoms with Crippen LogP contribution >= 0.6 is 11.6 Å². The molecule has 1 heterocycles. The molecule has 0 bridgehead atoms. The Hall–Kier alpha value is -0.830. The monoisotopic (exact) mass is 278 g/mol. The summed E-state index contributed by atoms with van der Waals surface area (Å²) >= 11 is 5.98. The first-order valence-corrected chi connectivity index (χ1v) is 7.41. The van der Waals surface area contributed by atoms with Crippen LogP contribution in [0.5, 0.6) is 0 Å². The Bertz CT molecular complexity index is 404. The van der Waals surface area contributed by atoms with Gasteiger partial charge in [-0.1, -0.05) is 55.4 Å². The lowest BCUT2D eigenvalue weighted by Crippen LogP contribution is -2.57. The van der Waals surface area contributed by atoms with Crippen LogP contribution in [-0.2, 0) is 6.42 Å². The van der Waals surface area contributed by atoms with E-state index in [1.165, 1.54) is 5.56 Å². The highest BCUT2D eigenvalue weighted by molar-refractivity contribution is 6.29. The van der Waals surface area contributed by atoms with Gasteiger partial charge in [0, 0.05) is 36.8 Å². The van der Waals surface area contributed by atoms with Gasteiger partial charge in [-0.25, -0.2) is 0 Å². The molecule has 1 aliphatic rings. The lowest BCUT2D eigenvalue weighted by molar-refractivity contribution is 0.140. The fourth-order valence-corrected chi connectivity index (χ4v) is 2.93. The molecule has 1 saturated heterocycles. The zero-order valence-electron chi connectivity index (χ0n) is 11.6. The predicted molar refractivity (Wildman–Crippen MR) is 82.6 cm³/mol. The highest BCUT2D eigenvalue weighted by atomic mass is 35.5. The Morgan fingerprint density at radius 2 is 2.16 bits per heavy atom. The van der Waals surface area contributed by atoms with Crippen LogP contribution in [0.4, 0.5) is 0 Å². The molecule has 0 amide bonds. The van der Waals surface area contributed by atoms with Gasteiger partial charge >= 0.3 is 0 Å². The minimum absolute atomic E-state index is 0.501. The number of nitrogens with zero attached hydrogens (tertiary/aromatic N) is 1. The normalized spacial score (nSPS) is 24.3. The summed E-state index contributed by atoms with van der Waals surface area (Å²) in [4.78, 5) is 2.46. The molecule has 2 nitrogen and oxygen atoms in total. The Kier molecular flexibility index (Phi) is 5.44. The van der Waals surface area contributed by atoms with Gasteiger partial charge in [0.25, 0.3) is 0 Å². The standard InChI is InChI=1S/C16H23ClN2/c1-3-16-10-18-15(12-19(16)11-13(2)17)9-14-7-5-4-6-8-14/h4-8,15-16,18H,2-3,9-12H2,1H3. The zero-order valence-corrected chi connectivity index (χ0v) is 12.4. The lowest BCUT2D eigenvalue weighted by atomic mass is 10.0. The van der Waals surface area contributed by atoms with Crippen molar-refractivity contribution in [2.24, 2.45) is 0 Å². The van der Waals surface area contributed by atoms with Crippen LogP contribution in [0.15, 0.2) is 41.9 Å². The molecule has 2 atom stereocenters. The molecule has 0 spiro atoms. The highest BCUT2D eigenvalue weighted by Gasteiger charge is 2.26. The first-order chi connectivity index (χ1) is 9.19. The molecule has 1 aliphatic heterocycles. The van der Waals surface area contributed by atoms with Crippen molar-refractivity contribution in [1.29, 1.82) is 0 Å². The molecule has 0 saturated carbocycles. The van der Waals surface area contributed by atoms with Gasteiger partial charge in [-0.2, -0.15) is 0 Å². The molecule has 104 valence electrons. The van der Waals surface area contributed by atoms with Crippen LogP contribution in [0.25, 0.3) is 0 Å². The van der Waals surface area contributed by atoms with Crippen molar-refractivity contribution < 1.29 is 0 Å². The van der Waals surface area contributed by atoms with Crippen molar-refractivity contribution in [2.75, 3.05) is 19.6 Å². The van der Waals surface area contributed by atoms with Crippen molar-refractivity contribution in [1.82, 2.24) is 10.2 Å². The number of halogens is 1. The van der Waals surface area contributed by atoms with Crippen molar-refractivity contribution in [3.8, 4) is 0 Å². The summed E-state index contributed by atoms with van der Waals surface area (Å²) in [7, 11) is 0. The number of rotatable bonds is 5. The van der Waals surface area contributed by atoms with Crippen molar-refractivity contribution in [2.45, 2.75) is 31.8 Å². The second-order valence-electron chi connectivity index (χ2n) is 5.30. The fraction of sp³-hybridized carbons (Fsp3) is 0.500. The first-order valence-electron chi connectivity index (χ1n) is 7.03. The number of hydrogen-bond donors (Lipinski definition) is 1. The summed E-state index contributed by atoms with van der Waals surface area (Å²) < 4.78 is 0. The molecule has 0 radical (unpaired) electrons. The zero-order chi connectivity index (χ0) is 13.7. The third-order valence-corrected chi connectivity index (χ3v) is 3.90. The van der Waals surface area contributed by atoms with E-state index in [4.69, 9.17) is 11.6 Å². The van der Waals surface area contributed by atoms with Crippen LogP contribution in [0, 0.1) is 0 Å². The van der Waals surface area contributed by atoms with Gasteiger partial charge in [0.2, 0.25) is 0 Å². The Morgan fingerprint density at radius 1 is 1.42 bits per heavy atom. The van der Waals surface area contributed by atoms with Gasteiger partial charge in [-0.15, -0.1) is 0 Å². The Labute approximate surface area is 121 Å². The fourth-order valence-electron chi connectivity index (χ4n) is 2.78. The maximum absolute atomic E-state index is 5.98. The molecular formula is C16H23ClN2. The van der Waals surface area contributed by atoms with Crippen molar-refractivity contribution >= 4 is 11.6 Å². The SMILES string of the molecule is C=C(Cl)CN1CC(Cc2ccccc2)NCC1CC. The van der Waals surface area contributed by atoms with Gasteiger partial charge in [0.05, 0.1) is 0 Å². The molecule has 0 aliphatic carbocycles. The third kappa shape index (κ3) is 4.34. The van der Waals surface area contributed by atoms with E-state index < -0.39 is 0 Å². The van der Waals surface area contributed by atoms with Crippen LogP contribution in [-0.4, -0.2) is 36.6 Å². The molecule has 0 aromatic heterocycles. The van der Waals surface area contributed by atoms with Gasteiger partial charge in [-0.3, -0.25) is 4.90 Å². The summed E-state index contributed by atoms with van der Waals surface area (Å²) in [5, 5.41) is 4.39. The van der Waals surface area contributed by atoms with E-state index in [-0.39, 0.29) is 0 Å². The highest BCUT2D eigenvalue weighted by Crippen LogP contribution is 2.15. The molecule has 1 fully saturated rings. The van der Waals surface area contributed by atoms with Crippen molar-refractivity contribution in [3.05, 3.63) is 47.5 Å². The van der Waals surface area contributed by atoms with Crippen molar-refractivity contribution in [3.63, 3.8) is 0 Å². The maximum Gasteiger partial charge on any atom is 0.0339 e. The number of hydrogen-bond acceptors (Lipinski definition) is 2. The minimum atomic E-state index is 0.501. The summed E-state index contributed by atoms with van der Waals surface area (Å²) in [5.41, 5.74) is 1.39. The molecule has 2 rings (SSSR count). The molecule has 3 heteroatoms. The van der Waals surface area contributed by atoms with Gasteiger partial charge < -0.3 is 5.32 Å². The quantitative estimate of drug-likeness (QED) is 0.891. The van der Waals surface area contributed by atoms with Crippen LogP contribution in [0.2, 0.25) is 0 Å². The van der Waals surface area contributed by atoms with Gasteiger partial charge in [-0.05, 0) is 18.4 Å². The molecule has 1 aromatic carbocycles. The van der Waals surface area contributed by atoms with E-state index in [2.05, 4.69) is 54.1 Å². The molecule has 1 N–H and O–H groups in total. The summed E-state index contributed by atoms with van der Waals surface area (Å²) in [5.74, 6) is 0. The smallest absolute Gasteiger partial charge is 0.0339 e. The number of piperazine rings is 1. The average molecular weight is 279 g/mol. The maximum atomic E-state index is 5.98. The van der Waals surface area contributed by atoms with Gasteiger partial charge in [0.1, 0.15) is 0 Å². The summed E-state index contributed by atoms with van der Waals surface area (Å²) in [6.07, 6.45) is 2.22. The summed E-state index contributed by atoms with van der Waals surface area (Å²) in [6, 6.07) is 11.7. The van der Waals surface area contributed by atoms with Crippen LogP contribution in [0.3, 0.4) is 0 Å². The minimum Gasteiger partial charge on any atom is -0.311 e.